The van der Waals surface area contributed by atoms with E-state index in [1.807, 2.05) is 11.8 Å². The maximum absolute atomic E-state index is 13.3. The van der Waals surface area contributed by atoms with Gasteiger partial charge in [0.25, 0.3) is 15.9 Å². The molecule has 0 aliphatic carbocycles. The molecule has 2 saturated heterocycles. The lowest BCUT2D eigenvalue weighted by molar-refractivity contribution is -0.0715. The molecule has 2 aromatic carbocycles. The lowest BCUT2D eigenvalue weighted by Crippen LogP contribution is -2.50. The van der Waals surface area contributed by atoms with Gasteiger partial charge in [-0.05, 0) is 70.0 Å². The molecule has 2 fully saturated rings. The highest BCUT2D eigenvalue weighted by Gasteiger charge is 2.33. The van der Waals surface area contributed by atoms with Crippen LogP contribution in [0.15, 0.2) is 53.4 Å². The van der Waals surface area contributed by atoms with Crippen LogP contribution in [0.4, 0.5) is 5.69 Å². The molecule has 0 bridgehead atoms. The molecule has 2 heterocycles. The van der Waals surface area contributed by atoms with Gasteiger partial charge in [0.05, 0.1) is 22.8 Å². The van der Waals surface area contributed by atoms with Crippen molar-refractivity contribution in [1.29, 1.82) is 0 Å². The van der Waals surface area contributed by atoms with Gasteiger partial charge in [-0.15, -0.1) is 0 Å². The van der Waals surface area contributed by atoms with Gasteiger partial charge in [-0.25, -0.2) is 8.42 Å². The Balaban J connectivity index is 1.44. The average Bonchev–Trinajstić information content (AvgIpc) is 3.25. The third kappa shape index (κ3) is 5.29. The molecule has 184 valence electrons. The van der Waals surface area contributed by atoms with Crippen LogP contribution in [0, 0.1) is 6.92 Å². The maximum Gasteiger partial charge on any atom is 0.264 e. The molecular weight excluding hydrogens is 450 g/mol. The summed E-state index contributed by atoms with van der Waals surface area (Å²) in [6.45, 7) is 9.50. The fourth-order valence-corrected chi connectivity index (χ4v) is 6.21. The molecule has 34 heavy (non-hydrogen) atoms. The first-order chi connectivity index (χ1) is 16.1. The van der Waals surface area contributed by atoms with E-state index in [-0.39, 0.29) is 29.1 Å². The lowest BCUT2D eigenvalue weighted by Gasteiger charge is -2.38. The van der Waals surface area contributed by atoms with Crippen LogP contribution in [0.5, 0.6) is 0 Å². The number of benzene rings is 2. The van der Waals surface area contributed by atoms with Crippen molar-refractivity contribution in [3.63, 3.8) is 0 Å². The minimum Gasteiger partial charge on any atom is -0.373 e. The third-order valence-corrected chi connectivity index (χ3v) is 8.56. The highest BCUT2D eigenvalue weighted by Crippen LogP contribution is 2.26. The number of amides is 1. The van der Waals surface area contributed by atoms with E-state index in [9.17, 15) is 13.2 Å². The van der Waals surface area contributed by atoms with Crippen LogP contribution in [0.2, 0.25) is 0 Å². The molecule has 7 nitrogen and oxygen atoms in total. The molecule has 3 unspecified atom stereocenters. The summed E-state index contributed by atoms with van der Waals surface area (Å²) in [5.74, 6) is 0.00690. The van der Waals surface area contributed by atoms with Crippen molar-refractivity contribution in [2.45, 2.75) is 56.8 Å². The Kier molecular flexibility index (Phi) is 7.31. The van der Waals surface area contributed by atoms with E-state index in [2.05, 4.69) is 18.7 Å². The van der Waals surface area contributed by atoms with Gasteiger partial charge in [-0.3, -0.25) is 14.0 Å². The van der Waals surface area contributed by atoms with Crippen molar-refractivity contribution in [2.75, 3.05) is 37.5 Å². The van der Waals surface area contributed by atoms with E-state index >= 15 is 0 Å². The summed E-state index contributed by atoms with van der Waals surface area (Å²) in [5.41, 5.74) is 2.11. The number of carbonyl (C=O) groups excluding carboxylic acids is 1. The quantitative estimate of drug-likeness (QED) is 0.626. The molecule has 4 rings (SSSR count). The summed E-state index contributed by atoms with van der Waals surface area (Å²) < 4.78 is 33.1. The molecule has 8 heteroatoms. The average molecular weight is 486 g/mol. The van der Waals surface area contributed by atoms with Gasteiger partial charge in [0.1, 0.15) is 0 Å². The number of hydrogen-bond donors (Lipinski definition) is 0. The molecule has 2 aromatic rings. The first-order valence-corrected chi connectivity index (χ1v) is 13.4. The van der Waals surface area contributed by atoms with Gasteiger partial charge in [-0.1, -0.05) is 17.7 Å². The largest absolute Gasteiger partial charge is 0.373 e. The number of carbonyl (C=O) groups is 1. The van der Waals surface area contributed by atoms with Crippen molar-refractivity contribution in [3.8, 4) is 0 Å². The van der Waals surface area contributed by atoms with E-state index in [0.29, 0.717) is 11.3 Å². The van der Waals surface area contributed by atoms with Gasteiger partial charge in [0, 0.05) is 44.8 Å². The Hall–Kier alpha value is -2.42. The number of aryl methyl sites for hydroxylation is 1. The topological polar surface area (TPSA) is 70.2 Å². The van der Waals surface area contributed by atoms with E-state index in [0.717, 1.165) is 44.6 Å². The second-order valence-corrected chi connectivity index (χ2v) is 11.6. The Morgan fingerprint density at radius 3 is 2.26 bits per heavy atom. The number of morpholine rings is 1. The number of anilines is 1. The summed E-state index contributed by atoms with van der Waals surface area (Å²) in [7, 11) is -2.13. The Morgan fingerprint density at radius 1 is 1.03 bits per heavy atom. The second-order valence-electron chi connectivity index (χ2n) is 9.60. The zero-order valence-corrected chi connectivity index (χ0v) is 21.3. The normalized spacial score (nSPS) is 23.8. The molecule has 0 aromatic heterocycles. The maximum atomic E-state index is 13.3. The first-order valence-electron chi connectivity index (χ1n) is 12.0. The van der Waals surface area contributed by atoms with E-state index < -0.39 is 10.0 Å². The number of ether oxygens (including phenoxy) is 1. The minimum atomic E-state index is -3.67. The predicted octanol–water partition coefficient (Wildman–Crippen LogP) is 3.53. The molecule has 0 N–H and O–H groups in total. The third-order valence-electron chi connectivity index (χ3n) is 6.76. The SMILES string of the molecule is Cc1ccc(S(=O)(=O)N(C)c2ccc(C(=O)N3CCCC3CN3CC(C)OC(C)C3)cc2)cc1. The van der Waals surface area contributed by atoms with Crippen LogP contribution in [-0.2, 0) is 14.8 Å². The Morgan fingerprint density at radius 2 is 1.65 bits per heavy atom. The van der Waals surface area contributed by atoms with Crippen molar-refractivity contribution in [2.24, 2.45) is 0 Å². The molecule has 2 aliphatic rings. The van der Waals surface area contributed by atoms with E-state index in [1.165, 1.54) is 11.4 Å². The lowest BCUT2D eigenvalue weighted by atomic mass is 10.1. The highest BCUT2D eigenvalue weighted by atomic mass is 32.2. The first kappa shape index (κ1) is 24.7. The summed E-state index contributed by atoms with van der Waals surface area (Å²) in [5, 5.41) is 0. The number of nitrogens with zero attached hydrogens (tertiary/aromatic N) is 3. The van der Waals surface area contributed by atoms with Crippen LogP contribution in [0.1, 0.15) is 42.6 Å². The van der Waals surface area contributed by atoms with Crippen molar-refractivity contribution >= 4 is 21.6 Å². The fraction of sp³-hybridized carbons (Fsp3) is 0.500. The van der Waals surface area contributed by atoms with Crippen molar-refractivity contribution in [1.82, 2.24) is 9.80 Å². The zero-order chi connectivity index (χ0) is 24.5. The monoisotopic (exact) mass is 485 g/mol. The molecule has 0 radical (unpaired) electrons. The summed E-state index contributed by atoms with van der Waals surface area (Å²) in [6, 6.07) is 13.9. The number of sulfonamides is 1. The van der Waals surface area contributed by atoms with Crippen LogP contribution in [-0.4, -0.2) is 75.6 Å². The molecule has 0 spiro atoms. The van der Waals surface area contributed by atoms with Crippen molar-refractivity contribution < 1.29 is 17.9 Å². The van der Waals surface area contributed by atoms with Gasteiger partial charge >= 0.3 is 0 Å². The summed E-state index contributed by atoms with van der Waals surface area (Å²) in [4.78, 5) is 17.9. The van der Waals surface area contributed by atoms with Crippen molar-refractivity contribution in [3.05, 3.63) is 59.7 Å². The molecule has 0 saturated carbocycles. The van der Waals surface area contributed by atoms with E-state index in [1.54, 1.807) is 48.5 Å². The van der Waals surface area contributed by atoms with Gasteiger partial charge in [0.2, 0.25) is 0 Å². The van der Waals surface area contributed by atoms with Gasteiger partial charge in [-0.2, -0.15) is 0 Å². The zero-order valence-electron chi connectivity index (χ0n) is 20.5. The van der Waals surface area contributed by atoms with E-state index in [4.69, 9.17) is 4.74 Å². The fourth-order valence-electron chi connectivity index (χ4n) is 5.01. The van der Waals surface area contributed by atoms with Crippen LogP contribution < -0.4 is 4.31 Å². The highest BCUT2D eigenvalue weighted by molar-refractivity contribution is 7.92. The number of likely N-dealkylation sites (tertiary alicyclic amines) is 1. The Labute approximate surface area is 203 Å². The van der Waals surface area contributed by atoms with Gasteiger partial charge in [0.15, 0.2) is 0 Å². The Bertz CT molecular complexity index is 1090. The predicted molar refractivity (Wildman–Crippen MR) is 134 cm³/mol. The van der Waals surface area contributed by atoms with Gasteiger partial charge < -0.3 is 9.64 Å². The minimum absolute atomic E-state index is 0.00690. The smallest absolute Gasteiger partial charge is 0.264 e. The standard InChI is InChI=1S/C26H35N3O4S/c1-19-7-13-25(14-8-19)34(31,32)27(4)23-11-9-22(10-12-23)26(30)29-15-5-6-24(29)18-28-16-20(2)33-21(3)17-28/h7-14,20-21,24H,5-6,15-18H2,1-4H3. The molecular formula is C26H35N3O4S. The molecule has 3 atom stereocenters. The summed E-state index contributed by atoms with van der Waals surface area (Å²) >= 11 is 0. The van der Waals surface area contributed by atoms with Crippen LogP contribution in [0.3, 0.4) is 0 Å². The molecule has 2 aliphatic heterocycles. The number of rotatable bonds is 6. The summed E-state index contributed by atoms with van der Waals surface area (Å²) in [6.07, 6.45) is 2.41. The van der Waals surface area contributed by atoms with Crippen LogP contribution in [0.25, 0.3) is 0 Å². The number of hydrogen-bond acceptors (Lipinski definition) is 5. The van der Waals surface area contributed by atoms with Crippen LogP contribution >= 0.6 is 0 Å². The molecule has 1 amide bonds. The second kappa shape index (κ2) is 10.1.